The van der Waals surface area contributed by atoms with Crippen molar-refractivity contribution in [1.29, 1.82) is 0 Å². The number of imidazole rings is 2. The van der Waals surface area contributed by atoms with Crippen LogP contribution in [0.2, 0.25) is 0 Å². The lowest BCUT2D eigenvalue weighted by molar-refractivity contribution is 0.692. The van der Waals surface area contributed by atoms with Crippen LogP contribution < -0.4 is 0 Å². The fourth-order valence-electron chi connectivity index (χ4n) is 6.73. The summed E-state index contributed by atoms with van der Waals surface area (Å²) in [5, 5.41) is 4.98. The molecule has 5 aromatic carbocycles. The first-order chi connectivity index (χ1) is 20.0. The van der Waals surface area contributed by atoms with Gasteiger partial charge in [0.15, 0.2) is 0 Å². The minimum absolute atomic E-state index is 0.391. The Bertz CT molecular complexity index is 2140. The zero-order valence-electron chi connectivity index (χ0n) is 24.1. The molecule has 4 heteroatoms. The van der Waals surface area contributed by atoms with Gasteiger partial charge in [-0.1, -0.05) is 88.4 Å². The highest BCUT2D eigenvalue weighted by Crippen LogP contribution is 2.41. The van der Waals surface area contributed by atoms with Gasteiger partial charge >= 0.3 is 0 Å². The van der Waals surface area contributed by atoms with E-state index in [4.69, 9.17) is 9.97 Å². The maximum absolute atomic E-state index is 5.08. The summed E-state index contributed by atoms with van der Waals surface area (Å²) in [5.41, 5.74) is 12.5. The van der Waals surface area contributed by atoms with Gasteiger partial charge in [0.25, 0.3) is 0 Å². The smallest absolute Gasteiger partial charge is 0.110 e. The summed E-state index contributed by atoms with van der Waals surface area (Å²) >= 11 is 0. The third-order valence-corrected chi connectivity index (χ3v) is 9.26. The summed E-state index contributed by atoms with van der Waals surface area (Å²) < 4.78 is 0. The molecule has 1 aliphatic rings. The van der Waals surface area contributed by atoms with Crippen molar-refractivity contribution in [3.8, 4) is 22.3 Å². The molecule has 0 radical (unpaired) electrons. The van der Waals surface area contributed by atoms with Crippen LogP contribution in [0.4, 0.5) is 0 Å². The summed E-state index contributed by atoms with van der Waals surface area (Å²) in [7, 11) is 0. The standard InChI is InChI=1S/C37H34N4/c1-5-21(4)37-40-34-28-9-7-6-8-26(28)31-19-23(11-14-30(31)35(34)41-37)22-10-13-25-24(18-22)12-15-29-27(25)16-17-32-33(29)39-36(38-32)20(2)3/h6-11,13-14,16-21H,5,12,15H2,1-4H3,(H,38,39)(H,40,41). The van der Waals surface area contributed by atoms with E-state index in [0.717, 1.165) is 53.0 Å². The normalized spacial score (nSPS) is 13.9. The van der Waals surface area contributed by atoms with Crippen molar-refractivity contribution in [3.63, 3.8) is 0 Å². The van der Waals surface area contributed by atoms with Crippen LogP contribution >= 0.6 is 0 Å². The van der Waals surface area contributed by atoms with Crippen molar-refractivity contribution in [1.82, 2.24) is 19.9 Å². The monoisotopic (exact) mass is 534 g/mol. The number of hydrogen-bond donors (Lipinski definition) is 2. The molecule has 4 nitrogen and oxygen atoms in total. The summed E-state index contributed by atoms with van der Waals surface area (Å²) in [6, 6.07) is 27.2. The lowest BCUT2D eigenvalue weighted by atomic mass is 9.83. The molecule has 1 atom stereocenters. The Labute approximate surface area is 239 Å². The van der Waals surface area contributed by atoms with Crippen molar-refractivity contribution in [2.75, 3.05) is 0 Å². The topological polar surface area (TPSA) is 57.4 Å². The minimum Gasteiger partial charge on any atom is -0.342 e. The van der Waals surface area contributed by atoms with Gasteiger partial charge in [-0.3, -0.25) is 0 Å². The Morgan fingerprint density at radius 2 is 1.44 bits per heavy atom. The Morgan fingerprint density at radius 1 is 0.683 bits per heavy atom. The fraction of sp³-hybridized carbons (Fsp3) is 0.243. The van der Waals surface area contributed by atoms with E-state index >= 15 is 0 Å². The first kappa shape index (κ1) is 24.4. The molecule has 2 N–H and O–H groups in total. The first-order valence-corrected chi connectivity index (χ1v) is 15.0. The number of H-pyrrole nitrogens is 2. The average molecular weight is 535 g/mol. The fourth-order valence-corrected chi connectivity index (χ4v) is 6.73. The molecule has 0 aliphatic heterocycles. The van der Waals surface area contributed by atoms with Gasteiger partial charge in [-0.25, -0.2) is 9.97 Å². The Morgan fingerprint density at radius 3 is 2.27 bits per heavy atom. The van der Waals surface area contributed by atoms with Crippen LogP contribution in [0.25, 0.3) is 65.9 Å². The zero-order valence-corrected chi connectivity index (χ0v) is 24.1. The molecular weight excluding hydrogens is 500 g/mol. The zero-order chi connectivity index (χ0) is 27.8. The molecule has 0 amide bonds. The molecule has 8 rings (SSSR count). The Kier molecular flexibility index (Phi) is 5.37. The lowest BCUT2D eigenvalue weighted by Crippen LogP contribution is -2.05. The van der Waals surface area contributed by atoms with E-state index in [0.29, 0.717) is 11.8 Å². The molecule has 202 valence electrons. The van der Waals surface area contributed by atoms with E-state index in [1.807, 2.05) is 0 Å². The maximum Gasteiger partial charge on any atom is 0.110 e. The number of benzene rings is 5. The molecule has 1 aliphatic carbocycles. The third-order valence-electron chi connectivity index (χ3n) is 9.26. The van der Waals surface area contributed by atoms with E-state index in [1.165, 1.54) is 54.9 Å². The van der Waals surface area contributed by atoms with Gasteiger partial charge in [0.2, 0.25) is 0 Å². The van der Waals surface area contributed by atoms with Gasteiger partial charge in [-0.05, 0) is 75.5 Å². The van der Waals surface area contributed by atoms with Gasteiger partial charge < -0.3 is 9.97 Å². The second kappa shape index (κ2) is 9.04. The molecule has 0 bridgehead atoms. The summed E-state index contributed by atoms with van der Waals surface area (Å²) in [6.07, 6.45) is 3.11. The molecule has 2 heterocycles. The van der Waals surface area contributed by atoms with Gasteiger partial charge in [-0.15, -0.1) is 0 Å². The molecular formula is C37H34N4. The SMILES string of the molecule is CCC(C)c1nc2c3ccccc3c3cc(-c4ccc5c(c4)CCc4c-5ccc5[nH]c(C(C)C)nc45)ccc3c2[nH]1. The highest BCUT2D eigenvalue weighted by atomic mass is 14.9. The highest BCUT2D eigenvalue weighted by molar-refractivity contribution is 6.23. The van der Waals surface area contributed by atoms with E-state index < -0.39 is 0 Å². The van der Waals surface area contributed by atoms with Crippen LogP contribution in [-0.4, -0.2) is 19.9 Å². The predicted molar refractivity (Wildman–Crippen MR) is 172 cm³/mol. The third kappa shape index (κ3) is 3.66. The minimum atomic E-state index is 0.391. The quantitative estimate of drug-likeness (QED) is 0.221. The summed E-state index contributed by atoms with van der Waals surface area (Å²) in [5.74, 6) is 2.94. The van der Waals surface area contributed by atoms with Crippen molar-refractivity contribution in [3.05, 3.63) is 95.6 Å². The van der Waals surface area contributed by atoms with Crippen molar-refractivity contribution in [2.45, 2.75) is 58.8 Å². The summed E-state index contributed by atoms with van der Waals surface area (Å²) in [4.78, 5) is 17.3. The van der Waals surface area contributed by atoms with Gasteiger partial charge in [0.1, 0.15) is 11.6 Å². The molecule has 2 aromatic heterocycles. The van der Waals surface area contributed by atoms with Crippen LogP contribution in [0.3, 0.4) is 0 Å². The Hall–Kier alpha value is -4.44. The van der Waals surface area contributed by atoms with Crippen molar-refractivity contribution < 1.29 is 0 Å². The number of nitrogens with one attached hydrogen (secondary N) is 2. The molecule has 0 spiro atoms. The number of aryl methyl sites for hydroxylation is 2. The second-order valence-electron chi connectivity index (χ2n) is 12.1. The lowest BCUT2D eigenvalue weighted by Gasteiger charge is -2.21. The van der Waals surface area contributed by atoms with Crippen LogP contribution in [0.5, 0.6) is 0 Å². The number of aromatic nitrogens is 4. The van der Waals surface area contributed by atoms with Crippen LogP contribution in [0, 0.1) is 0 Å². The summed E-state index contributed by atoms with van der Waals surface area (Å²) in [6.45, 7) is 8.85. The number of rotatable bonds is 4. The second-order valence-corrected chi connectivity index (χ2v) is 12.1. The number of nitrogens with zero attached hydrogens (tertiary/aromatic N) is 2. The number of fused-ring (bicyclic) bond motifs is 11. The maximum atomic E-state index is 5.08. The Balaban J connectivity index is 1.26. The molecule has 41 heavy (non-hydrogen) atoms. The van der Waals surface area contributed by atoms with E-state index in [-0.39, 0.29) is 0 Å². The molecule has 7 aromatic rings. The van der Waals surface area contributed by atoms with E-state index in [9.17, 15) is 0 Å². The van der Waals surface area contributed by atoms with Crippen molar-refractivity contribution in [2.24, 2.45) is 0 Å². The van der Waals surface area contributed by atoms with Crippen LogP contribution in [0.1, 0.15) is 68.7 Å². The molecule has 0 fully saturated rings. The largest absolute Gasteiger partial charge is 0.342 e. The van der Waals surface area contributed by atoms with Gasteiger partial charge in [0, 0.05) is 22.6 Å². The predicted octanol–water partition coefficient (Wildman–Crippen LogP) is 9.82. The first-order valence-electron chi connectivity index (χ1n) is 15.0. The number of hydrogen-bond acceptors (Lipinski definition) is 2. The van der Waals surface area contributed by atoms with Crippen molar-refractivity contribution >= 4 is 43.6 Å². The van der Waals surface area contributed by atoms with Gasteiger partial charge in [-0.2, -0.15) is 0 Å². The molecule has 0 saturated carbocycles. The number of aromatic amines is 2. The van der Waals surface area contributed by atoms with Crippen LogP contribution in [0.15, 0.2) is 72.8 Å². The molecule has 0 saturated heterocycles. The highest BCUT2D eigenvalue weighted by Gasteiger charge is 2.22. The van der Waals surface area contributed by atoms with Crippen LogP contribution in [-0.2, 0) is 12.8 Å². The van der Waals surface area contributed by atoms with E-state index in [1.54, 1.807) is 0 Å². The average Bonchev–Trinajstić information content (AvgIpc) is 3.66. The van der Waals surface area contributed by atoms with E-state index in [2.05, 4.69) is 110 Å². The van der Waals surface area contributed by atoms with Gasteiger partial charge in [0.05, 0.1) is 22.1 Å². The molecule has 1 unspecified atom stereocenters.